The Bertz CT molecular complexity index is 387. The number of hydrogen-bond acceptors (Lipinski definition) is 2. The van der Waals surface area contributed by atoms with E-state index in [0.717, 1.165) is 25.2 Å². The van der Waals surface area contributed by atoms with Crippen LogP contribution in [-0.4, -0.2) is 30.2 Å². The van der Waals surface area contributed by atoms with E-state index in [0.29, 0.717) is 10.0 Å². The van der Waals surface area contributed by atoms with Crippen LogP contribution in [0.15, 0.2) is 18.2 Å². The Hall–Kier alpha value is -0.280. The Balaban J connectivity index is 2.07. The summed E-state index contributed by atoms with van der Waals surface area (Å²) in [5.74, 6) is 0. The molecular formula is C13H17Cl2NO. The molecule has 0 radical (unpaired) electrons. The maximum absolute atomic E-state index is 6.20. The van der Waals surface area contributed by atoms with Gasteiger partial charge in [-0.25, -0.2) is 0 Å². The summed E-state index contributed by atoms with van der Waals surface area (Å²) in [7, 11) is 0. The summed E-state index contributed by atoms with van der Waals surface area (Å²) in [6.07, 6.45) is 0.549. The van der Waals surface area contributed by atoms with E-state index in [2.05, 4.69) is 18.7 Å². The zero-order chi connectivity index (χ0) is 12.4. The van der Waals surface area contributed by atoms with Crippen LogP contribution in [0.3, 0.4) is 0 Å². The Labute approximate surface area is 112 Å². The van der Waals surface area contributed by atoms with E-state index in [9.17, 15) is 0 Å². The van der Waals surface area contributed by atoms with Crippen LogP contribution in [-0.2, 0) is 11.3 Å². The van der Waals surface area contributed by atoms with E-state index in [-0.39, 0.29) is 12.2 Å². The summed E-state index contributed by atoms with van der Waals surface area (Å²) >= 11 is 12.2. The molecule has 2 nitrogen and oxygen atoms in total. The SMILES string of the molecule is C[C@H]1CN(Cc2cccc(Cl)c2Cl)C[C@H](C)O1. The van der Waals surface area contributed by atoms with Crippen molar-refractivity contribution in [2.24, 2.45) is 0 Å². The minimum Gasteiger partial charge on any atom is -0.373 e. The fraction of sp³-hybridized carbons (Fsp3) is 0.538. The highest BCUT2D eigenvalue weighted by atomic mass is 35.5. The zero-order valence-electron chi connectivity index (χ0n) is 10.1. The molecule has 1 aliphatic heterocycles. The topological polar surface area (TPSA) is 12.5 Å². The molecule has 1 fully saturated rings. The van der Waals surface area contributed by atoms with E-state index in [1.165, 1.54) is 0 Å². The van der Waals surface area contributed by atoms with Gasteiger partial charge in [0.25, 0.3) is 0 Å². The second kappa shape index (κ2) is 5.57. The van der Waals surface area contributed by atoms with E-state index in [4.69, 9.17) is 27.9 Å². The van der Waals surface area contributed by atoms with Crippen LogP contribution in [0.2, 0.25) is 10.0 Å². The molecule has 0 unspecified atom stereocenters. The minimum absolute atomic E-state index is 0.275. The lowest BCUT2D eigenvalue weighted by atomic mass is 10.1. The van der Waals surface area contributed by atoms with Crippen LogP contribution in [0.4, 0.5) is 0 Å². The summed E-state index contributed by atoms with van der Waals surface area (Å²) < 4.78 is 5.71. The normalized spacial score (nSPS) is 26.1. The minimum atomic E-state index is 0.275. The molecule has 0 spiro atoms. The van der Waals surface area contributed by atoms with Crippen molar-refractivity contribution in [2.45, 2.75) is 32.6 Å². The van der Waals surface area contributed by atoms with E-state index < -0.39 is 0 Å². The highest BCUT2D eigenvalue weighted by Crippen LogP contribution is 2.27. The molecule has 1 saturated heterocycles. The molecule has 17 heavy (non-hydrogen) atoms. The van der Waals surface area contributed by atoms with Gasteiger partial charge in [-0.3, -0.25) is 4.90 Å². The molecule has 94 valence electrons. The largest absolute Gasteiger partial charge is 0.373 e. The predicted octanol–water partition coefficient (Wildman–Crippen LogP) is 3.60. The Morgan fingerprint density at radius 1 is 1.24 bits per heavy atom. The fourth-order valence-electron chi connectivity index (χ4n) is 2.32. The van der Waals surface area contributed by atoms with Crippen molar-refractivity contribution in [1.29, 1.82) is 0 Å². The molecule has 0 amide bonds. The third-order valence-corrected chi connectivity index (χ3v) is 3.78. The van der Waals surface area contributed by atoms with Crippen LogP contribution in [0.25, 0.3) is 0 Å². The lowest BCUT2D eigenvalue weighted by Gasteiger charge is -2.35. The van der Waals surface area contributed by atoms with Crippen LogP contribution >= 0.6 is 23.2 Å². The molecule has 1 aromatic carbocycles. The van der Waals surface area contributed by atoms with Gasteiger partial charge in [-0.1, -0.05) is 35.3 Å². The van der Waals surface area contributed by atoms with Crippen molar-refractivity contribution in [3.05, 3.63) is 33.8 Å². The molecule has 2 atom stereocenters. The second-order valence-electron chi connectivity index (χ2n) is 4.66. The van der Waals surface area contributed by atoms with Gasteiger partial charge < -0.3 is 4.74 Å². The maximum Gasteiger partial charge on any atom is 0.0678 e. The van der Waals surface area contributed by atoms with E-state index in [1.54, 1.807) is 0 Å². The monoisotopic (exact) mass is 273 g/mol. The molecule has 1 aromatic rings. The molecule has 0 bridgehead atoms. The van der Waals surface area contributed by atoms with Crippen molar-refractivity contribution in [3.63, 3.8) is 0 Å². The third kappa shape index (κ3) is 3.35. The first-order valence-corrected chi connectivity index (χ1v) is 6.62. The van der Waals surface area contributed by atoms with Crippen LogP contribution in [0.5, 0.6) is 0 Å². The van der Waals surface area contributed by atoms with Crippen LogP contribution < -0.4 is 0 Å². The van der Waals surface area contributed by atoms with Gasteiger partial charge in [0, 0.05) is 19.6 Å². The van der Waals surface area contributed by atoms with Gasteiger partial charge in [-0.15, -0.1) is 0 Å². The van der Waals surface area contributed by atoms with Gasteiger partial charge in [0.2, 0.25) is 0 Å². The number of nitrogens with zero attached hydrogens (tertiary/aromatic N) is 1. The lowest BCUT2D eigenvalue weighted by Crippen LogP contribution is -2.44. The summed E-state index contributed by atoms with van der Waals surface area (Å²) in [5, 5.41) is 1.29. The summed E-state index contributed by atoms with van der Waals surface area (Å²) in [6, 6.07) is 5.79. The fourth-order valence-corrected chi connectivity index (χ4v) is 2.70. The molecule has 0 aromatic heterocycles. The highest BCUT2D eigenvalue weighted by molar-refractivity contribution is 6.42. The van der Waals surface area contributed by atoms with Crippen molar-refractivity contribution < 1.29 is 4.74 Å². The summed E-state index contributed by atoms with van der Waals surface area (Å²) in [5.41, 5.74) is 1.08. The van der Waals surface area contributed by atoms with Gasteiger partial charge in [0.1, 0.15) is 0 Å². The second-order valence-corrected chi connectivity index (χ2v) is 5.45. The van der Waals surface area contributed by atoms with E-state index >= 15 is 0 Å². The molecule has 0 N–H and O–H groups in total. The van der Waals surface area contributed by atoms with Gasteiger partial charge in [0.15, 0.2) is 0 Å². The molecule has 4 heteroatoms. The van der Waals surface area contributed by atoms with Crippen LogP contribution in [0.1, 0.15) is 19.4 Å². The average molecular weight is 274 g/mol. The number of benzene rings is 1. The number of morpholine rings is 1. The predicted molar refractivity (Wildman–Crippen MR) is 71.7 cm³/mol. The molecule has 1 aliphatic rings. The van der Waals surface area contributed by atoms with Gasteiger partial charge >= 0.3 is 0 Å². The first kappa shape index (κ1) is 13.2. The Morgan fingerprint density at radius 3 is 2.53 bits per heavy atom. The van der Waals surface area contributed by atoms with Crippen molar-refractivity contribution >= 4 is 23.2 Å². The molecule has 1 heterocycles. The average Bonchev–Trinajstić information content (AvgIpc) is 2.23. The summed E-state index contributed by atoms with van der Waals surface area (Å²) in [6.45, 7) is 6.91. The van der Waals surface area contributed by atoms with Gasteiger partial charge in [-0.05, 0) is 25.5 Å². The number of rotatable bonds is 2. The van der Waals surface area contributed by atoms with Crippen molar-refractivity contribution in [1.82, 2.24) is 4.90 Å². The molecule has 0 saturated carbocycles. The smallest absolute Gasteiger partial charge is 0.0678 e. The highest BCUT2D eigenvalue weighted by Gasteiger charge is 2.22. The Kier molecular flexibility index (Phi) is 4.31. The quantitative estimate of drug-likeness (QED) is 0.817. The summed E-state index contributed by atoms with van der Waals surface area (Å²) in [4.78, 5) is 2.36. The molecular weight excluding hydrogens is 257 g/mol. The Morgan fingerprint density at radius 2 is 1.88 bits per heavy atom. The number of halogens is 2. The standard InChI is InChI=1S/C13H17Cl2NO/c1-9-6-16(7-10(2)17-9)8-11-4-3-5-12(14)13(11)15/h3-5,9-10H,6-8H2,1-2H3/t9-,10-/m0/s1. The van der Waals surface area contributed by atoms with Crippen molar-refractivity contribution in [3.8, 4) is 0 Å². The van der Waals surface area contributed by atoms with Crippen molar-refractivity contribution in [2.75, 3.05) is 13.1 Å². The van der Waals surface area contributed by atoms with Gasteiger partial charge in [-0.2, -0.15) is 0 Å². The van der Waals surface area contributed by atoms with Crippen LogP contribution in [0, 0.1) is 0 Å². The lowest BCUT2D eigenvalue weighted by molar-refractivity contribution is -0.0704. The van der Waals surface area contributed by atoms with E-state index in [1.807, 2.05) is 18.2 Å². The maximum atomic E-state index is 6.20. The van der Waals surface area contributed by atoms with Gasteiger partial charge in [0.05, 0.1) is 22.3 Å². The molecule has 2 rings (SSSR count). The number of hydrogen-bond donors (Lipinski definition) is 0. The first-order valence-electron chi connectivity index (χ1n) is 5.87. The third-order valence-electron chi connectivity index (χ3n) is 2.92. The number of ether oxygens (including phenoxy) is 1. The molecule has 0 aliphatic carbocycles. The zero-order valence-corrected chi connectivity index (χ0v) is 11.6. The first-order chi connectivity index (χ1) is 8.06.